The average molecular weight is 508 g/mol. The van der Waals surface area contributed by atoms with Crippen molar-refractivity contribution in [2.75, 3.05) is 23.8 Å². The van der Waals surface area contributed by atoms with Gasteiger partial charge in [-0.2, -0.15) is 0 Å². The molecule has 10 heteroatoms. The maximum Gasteiger partial charge on any atom is 0.268 e. The molecule has 0 saturated carbocycles. The summed E-state index contributed by atoms with van der Waals surface area (Å²) < 4.78 is 34.0. The van der Waals surface area contributed by atoms with E-state index in [0.717, 1.165) is 29.7 Å². The third kappa shape index (κ3) is 4.26. The van der Waals surface area contributed by atoms with Gasteiger partial charge in [-0.1, -0.05) is 19.1 Å². The van der Waals surface area contributed by atoms with Crippen LogP contribution < -0.4 is 20.1 Å². The van der Waals surface area contributed by atoms with Gasteiger partial charge in [-0.15, -0.1) is 0 Å². The number of fused-ring (bicyclic) bond motifs is 1. The standard InChI is InChI=1S/C26H29N5O4S/c1-16-14-26(2,3)31(15-16)24-19(25(32)30-36(33,34)21-8-5-12-28-23(21)27)9-10-20(29-24)18-7-4-6-17-11-13-35-22(17)18/h4-10,12,16H,11,13-15H2,1-3H3,(H2,27,28)(H,30,32)/t16-/m0/s1. The first kappa shape index (κ1) is 24.1. The molecule has 3 N–H and O–H groups in total. The molecule has 1 amide bonds. The van der Waals surface area contributed by atoms with Crippen molar-refractivity contribution in [1.29, 1.82) is 0 Å². The maximum atomic E-state index is 13.4. The molecule has 1 atom stereocenters. The van der Waals surface area contributed by atoms with E-state index in [-0.39, 0.29) is 21.8 Å². The van der Waals surface area contributed by atoms with Crippen molar-refractivity contribution in [2.24, 2.45) is 5.92 Å². The Balaban J connectivity index is 1.59. The molecule has 188 valence electrons. The highest BCUT2D eigenvalue weighted by Crippen LogP contribution is 2.41. The fourth-order valence-electron chi connectivity index (χ4n) is 5.22. The number of pyridine rings is 2. The number of rotatable bonds is 5. The van der Waals surface area contributed by atoms with Crippen LogP contribution in [0.4, 0.5) is 11.6 Å². The zero-order valence-corrected chi connectivity index (χ0v) is 21.3. The monoisotopic (exact) mass is 507 g/mol. The van der Waals surface area contributed by atoms with E-state index in [1.54, 1.807) is 12.1 Å². The van der Waals surface area contributed by atoms with Gasteiger partial charge in [-0.3, -0.25) is 4.79 Å². The molecule has 5 rings (SSSR count). The molecule has 0 unspecified atom stereocenters. The number of ether oxygens (including phenoxy) is 1. The molecular weight excluding hydrogens is 478 g/mol. The molecule has 9 nitrogen and oxygen atoms in total. The van der Waals surface area contributed by atoms with Crippen LogP contribution in [0, 0.1) is 5.92 Å². The molecule has 4 heterocycles. The molecule has 0 bridgehead atoms. The minimum atomic E-state index is -4.24. The average Bonchev–Trinajstić information content (AvgIpc) is 3.41. The second-order valence-corrected chi connectivity index (χ2v) is 11.7. The molecule has 3 aromatic rings. The molecule has 1 fully saturated rings. The van der Waals surface area contributed by atoms with E-state index in [1.165, 1.54) is 18.3 Å². The molecule has 2 aromatic heterocycles. The van der Waals surface area contributed by atoms with Crippen LogP contribution in [-0.4, -0.2) is 43.0 Å². The summed E-state index contributed by atoms with van der Waals surface area (Å²) in [5, 5.41) is 0. The number of anilines is 2. The van der Waals surface area contributed by atoms with Crippen molar-refractivity contribution in [2.45, 2.75) is 44.0 Å². The number of nitrogens with one attached hydrogen (secondary N) is 1. The van der Waals surface area contributed by atoms with Crippen molar-refractivity contribution < 1.29 is 17.9 Å². The molecule has 36 heavy (non-hydrogen) atoms. The number of sulfonamides is 1. The van der Waals surface area contributed by atoms with E-state index in [2.05, 4.69) is 35.4 Å². The zero-order chi connectivity index (χ0) is 25.7. The fraction of sp³-hybridized carbons (Fsp3) is 0.346. The number of amides is 1. The summed E-state index contributed by atoms with van der Waals surface area (Å²) in [7, 11) is -4.24. The molecule has 1 aromatic carbocycles. The third-order valence-electron chi connectivity index (χ3n) is 6.76. The lowest BCUT2D eigenvalue weighted by Crippen LogP contribution is -2.41. The largest absolute Gasteiger partial charge is 0.492 e. The van der Waals surface area contributed by atoms with Crippen LogP contribution in [0.2, 0.25) is 0 Å². The van der Waals surface area contributed by atoms with Crippen LogP contribution in [0.1, 0.15) is 43.1 Å². The van der Waals surface area contributed by atoms with Crippen molar-refractivity contribution in [3.8, 4) is 17.0 Å². The van der Waals surface area contributed by atoms with Crippen LogP contribution in [0.15, 0.2) is 53.6 Å². The smallest absolute Gasteiger partial charge is 0.268 e. The molecule has 0 spiro atoms. The Morgan fingerprint density at radius 3 is 2.72 bits per heavy atom. The van der Waals surface area contributed by atoms with Gasteiger partial charge in [0.1, 0.15) is 22.3 Å². The number of aromatic nitrogens is 2. The Bertz CT molecular complexity index is 1450. The van der Waals surface area contributed by atoms with Gasteiger partial charge in [0.2, 0.25) is 0 Å². The highest BCUT2D eigenvalue weighted by molar-refractivity contribution is 7.90. The van der Waals surface area contributed by atoms with Crippen LogP contribution in [0.3, 0.4) is 0 Å². The molecule has 2 aliphatic heterocycles. The van der Waals surface area contributed by atoms with Gasteiger partial charge in [-0.25, -0.2) is 23.1 Å². The molecule has 2 aliphatic rings. The molecule has 0 aliphatic carbocycles. The summed E-state index contributed by atoms with van der Waals surface area (Å²) in [6.45, 7) is 7.66. The number of para-hydroxylation sites is 1. The Hall–Kier alpha value is -3.66. The lowest BCUT2D eigenvalue weighted by atomic mass is 9.97. The predicted octanol–water partition coefficient (Wildman–Crippen LogP) is 3.40. The van der Waals surface area contributed by atoms with E-state index in [9.17, 15) is 13.2 Å². The fourth-order valence-corrected chi connectivity index (χ4v) is 6.27. The van der Waals surface area contributed by atoms with Gasteiger partial charge in [-0.05, 0) is 62.1 Å². The summed E-state index contributed by atoms with van der Waals surface area (Å²) >= 11 is 0. The number of hydrogen-bond acceptors (Lipinski definition) is 8. The van der Waals surface area contributed by atoms with Crippen LogP contribution >= 0.6 is 0 Å². The summed E-state index contributed by atoms with van der Waals surface area (Å²) in [5.74, 6) is 0.655. The molecule has 1 saturated heterocycles. The van der Waals surface area contributed by atoms with Gasteiger partial charge < -0.3 is 15.4 Å². The van der Waals surface area contributed by atoms with Crippen molar-refractivity contribution >= 4 is 27.6 Å². The van der Waals surface area contributed by atoms with Crippen LogP contribution in [-0.2, 0) is 16.4 Å². The number of carbonyl (C=O) groups is 1. The summed E-state index contributed by atoms with van der Waals surface area (Å²) in [6.07, 6.45) is 3.13. The van der Waals surface area contributed by atoms with E-state index >= 15 is 0 Å². The number of hydrogen-bond donors (Lipinski definition) is 2. The Morgan fingerprint density at radius 2 is 2.00 bits per heavy atom. The minimum Gasteiger partial charge on any atom is -0.492 e. The van der Waals surface area contributed by atoms with E-state index in [1.807, 2.05) is 18.2 Å². The quantitative estimate of drug-likeness (QED) is 0.538. The topological polar surface area (TPSA) is 128 Å². The normalized spacial score (nSPS) is 18.5. The number of nitrogens with zero attached hydrogens (tertiary/aromatic N) is 3. The summed E-state index contributed by atoms with van der Waals surface area (Å²) in [6, 6.07) is 12.1. The zero-order valence-electron chi connectivity index (χ0n) is 20.5. The lowest BCUT2D eigenvalue weighted by Gasteiger charge is -2.34. The van der Waals surface area contributed by atoms with E-state index in [4.69, 9.17) is 15.5 Å². The van der Waals surface area contributed by atoms with Gasteiger partial charge in [0, 0.05) is 30.3 Å². The summed E-state index contributed by atoms with van der Waals surface area (Å²) in [5.41, 5.74) is 8.27. The Labute approximate surface area is 210 Å². The highest BCUT2D eigenvalue weighted by Gasteiger charge is 2.39. The third-order valence-corrected chi connectivity index (χ3v) is 8.13. The second kappa shape index (κ2) is 8.77. The number of nitrogen functional groups attached to an aromatic ring is 1. The van der Waals surface area contributed by atoms with Gasteiger partial charge in [0.05, 0.1) is 17.9 Å². The SMILES string of the molecule is C[C@@H]1CN(c2nc(-c3cccc4c3OCC4)ccc2C(=O)NS(=O)(=O)c2cccnc2N)C(C)(C)C1. The maximum absolute atomic E-state index is 13.4. The summed E-state index contributed by atoms with van der Waals surface area (Å²) in [4.78, 5) is 24.0. The Kier molecular flexibility index (Phi) is 5.86. The first-order valence-corrected chi connectivity index (χ1v) is 13.4. The van der Waals surface area contributed by atoms with Gasteiger partial charge in [0.15, 0.2) is 0 Å². The number of nitrogens with two attached hydrogens (primary N) is 1. The van der Waals surface area contributed by atoms with Crippen LogP contribution in [0.5, 0.6) is 5.75 Å². The molecular formula is C26H29N5O4S. The first-order valence-electron chi connectivity index (χ1n) is 11.9. The van der Waals surface area contributed by atoms with E-state index in [0.29, 0.717) is 30.6 Å². The van der Waals surface area contributed by atoms with Crippen molar-refractivity contribution in [3.63, 3.8) is 0 Å². The highest BCUT2D eigenvalue weighted by atomic mass is 32.2. The van der Waals surface area contributed by atoms with Gasteiger partial charge >= 0.3 is 0 Å². The predicted molar refractivity (Wildman–Crippen MR) is 137 cm³/mol. The van der Waals surface area contributed by atoms with E-state index < -0.39 is 15.9 Å². The first-order chi connectivity index (χ1) is 17.1. The second-order valence-electron chi connectivity index (χ2n) is 10.0. The molecule has 0 radical (unpaired) electrons. The van der Waals surface area contributed by atoms with Crippen molar-refractivity contribution in [3.05, 3.63) is 59.8 Å². The number of benzene rings is 1. The Morgan fingerprint density at radius 1 is 1.19 bits per heavy atom. The van der Waals surface area contributed by atoms with Crippen LogP contribution in [0.25, 0.3) is 11.3 Å². The lowest BCUT2D eigenvalue weighted by molar-refractivity contribution is 0.0981. The van der Waals surface area contributed by atoms with Gasteiger partial charge in [0.25, 0.3) is 15.9 Å². The minimum absolute atomic E-state index is 0.167. The number of carbonyl (C=O) groups excluding carboxylic acids is 1. The van der Waals surface area contributed by atoms with Crippen molar-refractivity contribution in [1.82, 2.24) is 14.7 Å².